The van der Waals surface area contributed by atoms with Gasteiger partial charge in [-0.2, -0.15) is 0 Å². The predicted molar refractivity (Wildman–Crippen MR) is 106 cm³/mol. The second-order valence-electron chi connectivity index (χ2n) is 6.46. The Morgan fingerprint density at radius 2 is 1.59 bits per heavy atom. The number of halogens is 2. The summed E-state index contributed by atoms with van der Waals surface area (Å²) >= 11 is 0. The van der Waals surface area contributed by atoms with Gasteiger partial charge in [-0.25, -0.2) is 8.78 Å². The Balaban J connectivity index is 1.69. The van der Waals surface area contributed by atoms with E-state index in [1.807, 2.05) is 12.1 Å². The molecule has 0 spiro atoms. The van der Waals surface area contributed by atoms with Crippen LogP contribution in [0.2, 0.25) is 0 Å². The van der Waals surface area contributed by atoms with E-state index in [1.54, 1.807) is 36.5 Å². The summed E-state index contributed by atoms with van der Waals surface area (Å²) in [5, 5.41) is 2.22. The van der Waals surface area contributed by atoms with Crippen LogP contribution in [-0.4, -0.2) is 35.3 Å². The molecule has 0 bridgehead atoms. The van der Waals surface area contributed by atoms with E-state index in [9.17, 15) is 18.4 Å². The van der Waals surface area contributed by atoms with E-state index >= 15 is 0 Å². The van der Waals surface area contributed by atoms with Crippen LogP contribution >= 0.6 is 0 Å². The molecule has 3 aromatic rings. The van der Waals surface area contributed by atoms with Crippen LogP contribution < -0.4 is 5.32 Å². The molecule has 2 aromatic carbocycles. The lowest BCUT2D eigenvalue weighted by atomic mass is 10.1. The van der Waals surface area contributed by atoms with Crippen molar-refractivity contribution in [2.24, 2.45) is 0 Å². The Hall–Kier alpha value is -3.61. The average Bonchev–Trinajstić information content (AvgIpc) is 2.75. The molecular weight excluding hydrogens is 376 g/mol. The first-order valence-corrected chi connectivity index (χ1v) is 8.95. The molecule has 5 nitrogen and oxygen atoms in total. The van der Waals surface area contributed by atoms with Gasteiger partial charge in [-0.3, -0.25) is 14.6 Å². The van der Waals surface area contributed by atoms with E-state index in [0.29, 0.717) is 18.5 Å². The van der Waals surface area contributed by atoms with Crippen LogP contribution in [0.1, 0.15) is 26.3 Å². The highest BCUT2D eigenvalue weighted by Gasteiger charge is 2.16. The van der Waals surface area contributed by atoms with Crippen molar-refractivity contribution in [1.82, 2.24) is 9.88 Å². The molecule has 2 amide bonds. The van der Waals surface area contributed by atoms with Crippen molar-refractivity contribution in [1.29, 1.82) is 0 Å². The van der Waals surface area contributed by atoms with Gasteiger partial charge in [-0.1, -0.05) is 12.1 Å². The highest BCUT2D eigenvalue weighted by Crippen LogP contribution is 2.19. The standard InChI is InChI=1S/C22H19F2N3O2/c1-27(13-10-15-8-11-25-12-9-15)22(29)17-5-2-4-16(14-17)21(28)26-20-18(23)6-3-7-19(20)24/h2-9,11-12,14H,10,13H2,1H3,(H,26,28). The first kappa shape index (κ1) is 20.1. The van der Waals surface area contributed by atoms with E-state index in [2.05, 4.69) is 10.3 Å². The fourth-order valence-electron chi connectivity index (χ4n) is 2.76. The second-order valence-corrected chi connectivity index (χ2v) is 6.46. The summed E-state index contributed by atoms with van der Waals surface area (Å²) in [6, 6.07) is 13.1. The summed E-state index contributed by atoms with van der Waals surface area (Å²) in [6.07, 6.45) is 4.05. The molecule has 148 valence electrons. The molecule has 29 heavy (non-hydrogen) atoms. The Labute approximate surface area is 167 Å². The molecule has 0 radical (unpaired) electrons. The van der Waals surface area contributed by atoms with E-state index in [1.165, 1.54) is 18.2 Å². The van der Waals surface area contributed by atoms with Gasteiger partial charge in [0, 0.05) is 37.1 Å². The van der Waals surface area contributed by atoms with E-state index in [-0.39, 0.29) is 11.5 Å². The van der Waals surface area contributed by atoms with Crippen molar-refractivity contribution in [2.75, 3.05) is 18.9 Å². The number of aromatic nitrogens is 1. The van der Waals surface area contributed by atoms with Crippen molar-refractivity contribution in [2.45, 2.75) is 6.42 Å². The number of para-hydroxylation sites is 1. The van der Waals surface area contributed by atoms with Crippen molar-refractivity contribution >= 4 is 17.5 Å². The summed E-state index contributed by atoms with van der Waals surface area (Å²) < 4.78 is 27.5. The highest BCUT2D eigenvalue weighted by atomic mass is 19.1. The van der Waals surface area contributed by atoms with Crippen molar-refractivity contribution in [3.63, 3.8) is 0 Å². The normalized spacial score (nSPS) is 10.4. The van der Waals surface area contributed by atoms with Gasteiger partial charge >= 0.3 is 0 Å². The minimum Gasteiger partial charge on any atom is -0.341 e. The zero-order valence-corrected chi connectivity index (χ0v) is 15.7. The van der Waals surface area contributed by atoms with Gasteiger partial charge in [0.25, 0.3) is 11.8 Å². The quantitative estimate of drug-likeness (QED) is 0.688. The fourth-order valence-corrected chi connectivity index (χ4v) is 2.76. The number of pyridine rings is 1. The summed E-state index contributed by atoms with van der Waals surface area (Å²) in [5.41, 5.74) is 0.966. The van der Waals surface area contributed by atoms with Gasteiger partial charge in [0.05, 0.1) is 0 Å². The van der Waals surface area contributed by atoms with Crippen molar-refractivity contribution in [3.8, 4) is 0 Å². The number of carbonyl (C=O) groups excluding carboxylic acids is 2. The van der Waals surface area contributed by atoms with Crippen LogP contribution in [-0.2, 0) is 6.42 Å². The van der Waals surface area contributed by atoms with Gasteiger partial charge in [0.2, 0.25) is 0 Å². The Kier molecular flexibility index (Phi) is 6.29. The highest BCUT2D eigenvalue weighted by molar-refractivity contribution is 6.06. The number of hydrogen-bond acceptors (Lipinski definition) is 3. The number of hydrogen-bond donors (Lipinski definition) is 1. The number of carbonyl (C=O) groups is 2. The largest absolute Gasteiger partial charge is 0.341 e. The van der Waals surface area contributed by atoms with E-state index in [0.717, 1.165) is 17.7 Å². The summed E-state index contributed by atoms with van der Waals surface area (Å²) in [7, 11) is 1.67. The molecule has 0 saturated heterocycles. The van der Waals surface area contributed by atoms with Crippen LogP contribution in [0.3, 0.4) is 0 Å². The second kappa shape index (κ2) is 9.05. The first-order valence-electron chi connectivity index (χ1n) is 8.95. The van der Waals surface area contributed by atoms with Gasteiger partial charge in [0.1, 0.15) is 17.3 Å². The number of anilines is 1. The monoisotopic (exact) mass is 395 g/mol. The molecule has 0 atom stereocenters. The topological polar surface area (TPSA) is 62.3 Å². The van der Waals surface area contributed by atoms with Gasteiger partial charge in [0.15, 0.2) is 0 Å². The lowest BCUT2D eigenvalue weighted by Gasteiger charge is -2.17. The number of rotatable bonds is 6. The zero-order chi connectivity index (χ0) is 20.8. The maximum absolute atomic E-state index is 13.7. The minimum atomic E-state index is -0.874. The molecule has 7 heteroatoms. The molecule has 0 aliphatic carbocycles. The summed E-state index contributed by atoms with van der Waals surface area (Å²) in [5.74, 6) is -2.71. The van der Waals surface area contributed by atoms with Gasteiger partial charge in [-0.15, -0.1) is 0 Å². The third kappa shape index (κ3) is 5.01. The first-order chi connectivity index (χ1) is 14.0. The van der Waals surface area contributed by atoms with Crippen molar-refractivity contribution < 1.29 is 18.4 Å². The Morgan fingerprint density at radius 3 is 2.28 bits per heavy atom. The lowest BCUT2D eigenvalue weighted by Crippen LogP contribution is -2.29. The Morgan fingerprint density at radius 1 is 0.966 bits per heavy atom. The summed E-state index contributed by atoms with van der Waals surface area (Å²) in [4.78, 5) is 30.6. The molecule has 3 rings (SSSR count). The molecule has 0 aliphatic rings. The van der Waals surface area contributed by atoms with Crippen LogP contribution in [0.4, 0.5) is 14.5 Å². The fraction of sp³-hybridized carbons (Fsp3) is 0.136. The van der Waals surface area contributed by atoms with Gasteiger partial charge in [-0.05, 0) is 54.4 Å². The average molecular weight is 395 g/mol. The predicted octanol–water partition coefficient (Wildman–Crippen LogP) is 3.93. The van der Waals surface area contributed by atoms with Crippen LogP contribution in [0, 0.1) is 11.6 Å². The van der Waals surface area contributed by atoms with Crippen molar-refractivity contribution in [3.05, 3.63) is 95.3 Å². The maximum Gasteiger partial charge on any atom is 0.255 e. The smallest absolute Gasteiger partial charge is 0.255 e. The third-order valence-corrected chi connectivity index (χ3v) is 4.40. The number of amides is 2. The molecule has 0 saturated carbocycles. The molecule has 1 aromatic heterocycles. The number of benzene rings is 2. The number of nitrogens with zero attached hydrogens (tertiary/aromatic N) is 2. The minimum absolute atomic E-state index is 0.126. The molecular formula is C22H19F2N3O2. The lowest BCUT2D eigenvalue weighted by molar-refractivity contribution is 0.0796. The van der Waals surface area contributed by atoms with E-state index < -0.39 is 23.2 Å². The Bertz CT molecular complexity index is 1010. The summed E-state index contributed by atoms with van der Waals surface area (Å²) in [6.45, 7) is 0.486. The molecule has 0 unspecified atom stereocenters. The van der Waals surface area contributed by atoms with Crippen LogP contribution in [0.5, 0.6) is 0 Å². The van der Waals surface area contributed by atoms with Crippen LogP contribution in [0.15, 0.2) is 67.0 Å². The number of nitrogens with one attached hydrogen (secondary N) is 1. The van der Waals surface area contributed by atoms with Crippen LogP contribution in [0.25, 0.3) is 0 Å². The zero-order valence-electron chi connectivity index (χ0n) is 15.7. The van der Waals surface area contributed by atoms with Gasteiger partial charge < -0.3 is 10.2 Å². The molecule has 1 N–H and O–H groups in total. The molecule has 0 fully saturated rings. The number of likely N-dealkylation sites (N-methyl/N-ethyl adjacent to an activating group) is 1. The SMILES string of the molecule is CN(CCc1ccncc1)C(=O)c1cccc(C(=O)Nc2c(F)cccc2F)c1. The van der Waals surface area contributed by atoms with E-state index in [4.69, 9.17) is 0 Å². The maximum atomic E-state index is 13.7. The molecule has 0 aliphatic heterocycles. The molecule has 1 heterocycles. The third-order valence-electron chi connectivity index (χ3n) is 4.40.